The highest BCUT2D eigenvalue weighted by Gasteiger charge is 2.24. The molecule has 0 spiro atoms. The zero-order valence-electron chi connectivity index (χ0n) is 18.0. The molecule has 1 aliphatic rings. The van der Waals surface area contributed by atoms with Crippen LogP contribution in [0.3, 0.4) is 0 Å². The predicted molar refractivity (Wildman–Crippen MR) is 131 cm³/mol. The molecule has 5 aromatic rings. The van der Waals surface area contributed by atoms with Crippen LogP contribution in [-0.4, -0.2) is 18.9 Å². The number of para-hydroxylation sites is 1. The number of thiophene rings is 1. The van der Waals surface area contributed by atoms with Crippen LogP contribution in [-0.2, 0) is 18.6 Å². The number of thioether (sulfide) groups is 1. The molecule has 0 amide bonds. The quantitative estimate of drug-likeness (QED) is 0.246. The van der Waals surface area contributed by atoms with E-state index in [-0.39, 0.29) is 11.2 Å². The number of imidazole rings is 1. The highest BCUT2D eigenvalue weighted by Crippen LogP contribution is 2.35. The van der Waals surface area contributed by atoms with Crippen molar-refractivity contribution in [2.45, 2.75) is 43.5 Å². The highest BCUT2D eigenvalue weighted by atomic mass is 32.2. The summed E-state index contributed by atoms with van der Waals surface area (Å²) in [4.78, 5) is 25.4. The minimum Gasteiger partial charge on any atom is -0.307 e. The van der Waals surface area contributed by atoms with Crippen LogP contribution >= 0.6 is 23.1 Å². The molecule has 0 fully saturated rings. The van der Waals surface area contributed by atoms with Gasteiger partial charge in [0.05, 0.1) is 16.8 Å². The largest absolute Gasteiger partial charge is 0.307 e. The number of hydrogen-bond acceptors (Lipinski definition) is 5. The SMILES string of the molecule is Cc1cccn2cc(CSc3nc4sc5c(c4c(=O)n3-c3ccccc3F)CCCC5)nc12. The van der Waals surface area contributed by atoms with Gasteiger partial charge in [-0.3, -0.25) is 9.36 Å². The van der Waals surface area contributed by atoms with Gasteiger partial charge in [-0.1, -0.05) is 30.0 Å². The second kappa shape index (κ2) is 8.11. The Hall–Kier alpha value is -2.97. The van der Waals surface area contributed by atoms with Crippen molar-refractivity contribution in [3.8, 4) is 5.69 Å². The van der Waals surface area contributed by atoms with E-state index in [1.165, 1.54) is 27.3 Å². The minimum atomic E-state index is -0.435. The number of rotatable bonds is 4. The Morgan fingerprint density at radius 2 is 1.97 bits per heavy atom. The molecular weight excluding hydrogens is 455 g/mol. The molecule has 8 heteroatoms. The average Bonchev–Trinajstić information content (AvgIpc) is 3.40. The monoisotopic (exact) mass is 476 g/mol. The van der Waals surface area contributed by atoms with Crippen LogP contribution in [0.2, 0.25) is 0 Å². The van der Waals surface area contributed by atoms with Gasteiger partial charge in [0.1, 0.15) is 16.3 Å². The van der Waals surface area contributed by atoms with Crippen LogP contribution in [0.4, 0.5) is 4.39 Å². The molecule has 0 unspecified atom stereocenters. The van der Waals surface area contributed by atoms with E-state index in [1.54, 1.807) is 29.5 Å². The molecule has 0 saturated heterocycles. The Kier molecular flexibility index (Phi) is 5.07. The van der Waals surface area contributed by atoms with Gasteiger partial charge < -0.3 is 4.40 Å². The van der Waals surface area contributed by atoms with E-state index in [0.717, 1.165) is 53.0 Å². The second-order valence-corrected chi connectivity index (χ2v) is 10.3. The number of benzene rings is 1. The fraction of sp³-hybridized carbons (Fsp3) is 0.240. The molecular formula is C25H21FN4OS2. The summed E-state index contributed by atoms with van der Waals surface area (Å²) >= 11 is 3.03. The third-order valence-corrected chi connectivity index (χ3v) is 8.29. The van der Waals surface area contributed by atoms with Gasteiger partial charge in [0.15, 0.2) is 5.16 Å². The van der Waals surface area contributed by atoms with Crippen LogP contribution in [0.25, 0.3) is 21.6 Å². The van der Waals surface area contributed by atoms with Gasteiger partial charge in [0.2, 0.25) is 0 Å². The molecule has 0 bridgehead atoms. The summed E-state index contributed by atoms with van der Waals surface area (Å²) < 4.78 is 18.3. The zero-order valence-corrected chi connectivity index (χ0v) is 19.7. The highest BCUT2D eigenvalue weighted by molar-refractivity contribution is 7.98. The lowest BCUT2D eigenvalue weighted by molar-refractivity contribution is 0.608. The normalized spacial score (nSPS) is 13.6. The smallest absolute Gasteiger partial charge is 0.267 e. The van der Waals surface area contributed by atoms with Gasteiger partial charge in [-0.25, -0.2) is 14.4 Å². The average molecular weight is 477 g/mol. The lowest BCUT2D eigenvalue weighted by Gasteiger charge is -2.14. The molecule has 6 rings (SSSR count). The zero-order chi connectivity index (χ0) is 22.5. The topological polar surface area (TPSA) is 52.2 Å². The molecule has 33 heavy (non-hydrogen) atoms. The van der Waals surface area contributed by atoms with Crippen molar-refractivity contribution in [2.24, 2.45) is 0 Å². The van der Waals surface area contributed by atoms with E-state index in [2.05, 4.69) is 0 Å². The third kappa shape index (κ3) is 3.48. The molecule has 0 atom stereocenters. The van der Waals surface area contributed by atoms with E-state index in [9.17, 15) is 9.18 Å². The summed E-state index contributed by atoms with van der Waals surface area (Å²) in [5.41, 5.74) is 4.05. The van der Waals surface area contributed by atoms with Crippen molar-refractivity contribution >= 4 is 39.0 Å². The molecule has 0 N–H and O–H groups in total. The number of aromatic nitrogens is 4. The fourth-order valence-electron chi connectivity index (χ4n) is 4.54. The van der Waals surface area contributed by atoms with Crippen molar-refractivity contribution in [2.75, 3.05) is 0 Å². The van der Waals surface area contributed by atoms with Gasteiger partial charge in [0, 0.05) is 23.0 Å². The summed E-state index contributed by atoms with van der Waals surface area (Å²) in [5.74, 6) is 0.0913. The van der Waals surface area contributed by atoms with Gasteiger partial charge in [0.25, 0.3) is 5.56 Å². The molecule has 0 aliphatic heterocycles. The Morgan fingerprint density at radius 1 is 1.12 bits per heavy atom. The summed E-state index contributed by atoms with van der Waals surface area (Å²) in [6.45, 7) is 2.03. The maximum absolute atomic E-state index is 14.8. The Balaban J connectivity index is 1.49. The molecule has 5 nitrogen and oxygen atoms in total. The second-order valence-electron chi connectivity index (χ2n) is 8.32. The number of halogens is 1. The Labute approximate surface area is 197 Å². The minimum absolute atomic E-state index is 0.183. The molecule has 4 heterocycles. The van der Waals surface area contributed by atoms with Gasteiger partial charge >= 0.3 is 0 Å². The van der Waals surface area contributed by atoms with Crippen molar-refractivity contribution < 1.29 is 4.39 Å². The molecule has 0 saturated carbocycles. The van der Waals surface area contributed by atoms with E-state index >= 15 is 0 Å². The maximum Gasteiger partial charge on any atom is 0.267 e. The first-order valence-electron chi connectivity index (χ1n) is 11.0. The van der Waals surface area contributed by atoms with Crippen molar-refractivity contribution in [3.05, 3.63) is 86.7 Å². The van der Waals surface area contributed by atoms with Gasteiger partial charge in [-0.15, -0.1) is 11.3 Å². The molecule has 0 radical (unpaired) electrons. The van der Waals surface area contributed by atoms with E-state index in [4.69, 9.17) is 9.97 Å². The molecule has 1 aromatic carbocycles. The maximum atomic E-state index is 14.8. The lowest BCUT2D eigenvalue weighted by atomic mass is 9.97. The first kappa shape index (κ1) is 20.6. The van der Waals surface area contributed by atoms with Crippen molar-refractivity contribution in [1.29, 1.82) is 0 Å². The standard InChI is InChI=1S/C25H21FN4OS2/c1-15-7-6-12-29-13-16(27-22(15)29)14-32-25-28-23-21(17-8-2-5-11-20(17)33-23)24(31)30(25)19-10-4-3-9-18(19)26/h3-4,6-7,9-10,12-13H,2,5,8,11,14H2,1H3. The number of aryl methyl sites for hydroxylation is 3. The third-order valence-electron chi connectivity index (χ3n) is 6.13. The number of fused-ring (bicyclic) bond motifs is 4. The van der Waals surface area contributed by atoms with E-state index in [0.29, 0.717) is 16.3 Å². The Bertz CT molecular complexity index is 1580. The first-order valence-corrected chi connectivity index (χ1v) is 12.8. The van der Waals surface area contributed by atoms with Crippen LogP contribution in [0.1, 0.15) is 34.5 Å². The number of nitrogens with zero attached hydrogens (tertiary/aromatic N) is 4. The lowest BCUT2D eigenvalue weighted by Crippen LogP contribution is -2.23. The molecule has 166 valence electrons. The first-order chi connectivity index (χ1) is 16.1. The Morgan fingerprint density at radius 3 is 2.82 bits per heavy atom. The van der Waals surface area contributed by atoms with Crippen LogP contribution < -0.4 is 5.56 Å². The predicted octanol–water partition coefficient (Wildman–Crippen LogP) is 5.71. The van der Waals surface area contributed by atoms with Crippen LogP contribution in [0.15, 0.2) is 58.7 Å². The molecule has 4 aromatic heterocycles. The van der Waals surface area contributed by atoms with Crippen LogP contribution in [0, 0.1) is 12.7 Å². The summed E-state index contributed by atoms with van der Waals surface area (Å²) in [7, 11) is 0. The van der Waals surface area contributed by atoms with E-state index < -0.39 is 5.82 Å². The summed E-state index contributed by atoms with van der Waals surface area (Å²) in [5, 5.41) is 1.15. The summed E-state index contributed by atoms with van der Waals surface area (Å²) in [6, 6.07) is 10.4. The summed E-state index contributed by atoms with van der Waals surface area (Å²) in [6.07, 6.45) is 8.04. The van der Waals surface area contributed by atoms with E-state index in [1.807, 2.05) is 35.9 Å². The van der Waals surface area contributed by atoms with Gasteiger partial charge in [-0.05, 0) is 61.9 Å². The van der Waals surface area contributed by atoms with Crippen molar-refractivity contribution in [3.63, 3.8) is 0 Å². The van der Waals surface area contributed by atoms with Crippen molar-refractivity contribution in [1.82, 2.24) is 18.9 Å². The number of pyridine rings is 1. The van der Waals surface area contributed by atoms with Gasteiger partial charge in [-0.2, -0.15) is 0 Å². The fourth-order valence-corrected chi connectivity index (χ4v) is 6.73. The molecule has 1 aliphatic carbocycles. The number of hydrogen-bond donors (Lipinski definition) is 0. The van der Waals surface area contributed by atoms with Crippen LogP contribution in [0.5, 0.6) is 0 Å².